The Morgan fingerprint density at radius 3 is 2.24 bits per heavy atom. The van der Waals surface area contributed by atoms with Crippen LogP contribution in [0, 0.1) is 0 Å². The molecule has 3 aromatic carbocycles. The fraction of sp³-hybridized carbons (Fsp3) is 0.0800. The van der Waals surface area contributed by atoms with Crippen molar-refractivity contribution in [2.75, 3.05) is 17.2 Å². The predicted octanol–water partition coefficient (Wildman–Crippen LogP) is 5.78. The number of halogens is 1. The molecule has 3 aromatic rings. The summed E-state index contributed by atoms with van der Waals surface area (Å²) in [5.74, 6) is -0.407. The summed E-state index contributed by atoms with van der Waals surface area (Å²) in [6, 6.07) is 19.9. The highest BCUT2D eigenvalue weighted by atomic mass is 35.5. The van der Waals surface area contributed by atoms with Crippen LogP contribution in [0.25, 0.3) is 6.08 Å². The summed E-state index contributed by atoms with van der Waals surface area (Å²) in [7, 11) is 0. The Morgan fingerprint density at radius 1 is 0.909 bits per heavy atom. The van der Waals surface area contributed by atoms with Crippen LogP contribution in [-0.4, -0.2) is 24.6 Å². The van der Waals surface area contributed by atoms with E-state index in [-0.39, 0.29) is 24.2 Å². The molecule has 33 heavy (non-hydrogen) atoms. The van der Waals surface area contributed by atoms with E-state index in [9.17, 15) is 14.4 Å². The molecule has 8 heteroatoms. The van der Waals surface area contributed by atoms with Crippen molar-refractivity contribution in [2.45, 2.75) is 6.92 Å². The minimum atomic E-state index is -0.809. The van der Waals surface area contributed by atoms with Gasteiger partial charge in [0.25, 0.3) is 5.91 Å². The quantitative estimate of drug-likeness (QED) is 0.262. The van der Waals surface area contributed by atoms with E-state index in [1.165, 1.54) is 30.3 Å². The van der Waals surface area contributed by atoms with Gasteiger partial charge in [-0.05, 0) is 73.2 Å². The third-order valence-corrected chi connectivity index (χ3v) is 4.52. The Morgan fingerprint density at radius 2 is 1.58 bits per heavy atom. The fourth-order valence-electron chi connectivity index (χ4n) is 2.73. The van der Waals surface area contributed by atoms with Gasteiger partial charge in [0, 0.05) is 28.0 Å². The lowest BCUT2D eigenvalue weighted by Gasteiger charge is -2.09. The van der Waals surface area contributed by atoms with Gasteiger partial charge in [0.15, 0.2) is 0 Å². The lowest BCUT2D eigenvalue weighted by molar-refractivity contribution is -0.111. The van der Waals surface area contributed by atoms with E-state index < -0.39 is 6.16 Å². The molecular weight excluding hydrogens is 444 g/mol. The van der Waals surface area contributed by atoms with Crippen molar-refractivity contribution in [3.8, 4) is 5.75 Å². The molecule has 0 atom stereocenters. The molecule has 0 heterocycles. The molecule has 0 bridgehead atoms. The number of ether oxygens (including phenoxy) is 2. The van der Waals surface area contributed by atoms with Gasteiger partial charge in [0.05, 0.1) is 6.61 Å². The Kier molecular flexibility index (Phi) is 8.21. The minimum absolute atomic E-state index is 0.206. The summed E-state index contributed by atoms with van der Waals surface area (Å²) in [6.45, 7) is 1.88. The van der Waals surface area contributed by atoms with E-state index in [4.69, 9.17) is 21.1 Å². The van der Waals surface area contributed by atoms with Crippen LogP contribution >= 0.6 is 11.6 Å². The molecule has 0 saturated heterocycles. The highest BCUT2D eigenvalue weighted by molar-refractivity contribution is 6.30. The molecule has 0 saturated carbocycles. The number of amides is 2. The van der Waals surface area contributed by atoms with Crippen LogP contribution in [-0.2, 0) is 9.53 Å². The standard InChI is InChI=1S/C25H21ClN2O5/c1-2-32-25(31)33-22-13-9-18(10-14-22)24(30)28-21-5-3-4-20(16-21)27-23(29)15-8-17-6-11-19(26)12-7-17/h3-16H,2H2,1H3,(H,27,29)(H,28,30)/b15-8+. The monoisotopic (exact) mass is 464 g/mol. The molecular formula is C25H21ClN2O5. The SMILES string of the molecule is CCOC(=O)Oc1ccc(C(=O)Nc2cccc(NC(=O)/C=C/c3ccc(Cl)cc3)c2)cc1. The molecule has 0 aromatic heterocycles. The summed E-state index contributed by atoms with van der Waals surface area (Å²) in [6.07, 6.45) is 2.28. The first-order chi connectivity index (χ1) is 15.9. The Balaban J connectivity index is 1.57. The maximum Gasteiger partial charge on any atom is 0.513 e. The van der Waals surface area contributed by atoms with Crippen molar-refractivity contribution in [3.05, 3.63) is 95.0 Å². The maximum atomic E-state index is 12.5. The average Bonchev–Trinajstić information content (AvgIpc) is 2.79. The van der Waals surface area contributed by atoms with Gasteiger partial charge in [0.2, 0.25) is 5.91 Å². The molecule has 0 aliphatic rings. The van der Waals surface area contributed by atoms with Crippen LogP contribution in [0.4, 0.5) is 16.2 Å². The van der Waals surface area contributed by atoms with Crippen molar-refractivity contribution in [1.82, 2.24) is 0 Å². The number of hydrogen-bond acceptors (Lipinski definition) is 5. The van der Waals surface area contributed by atoms with E-state index in [1.54, 1.807) is 61.5 Å². The lowest BCUT2D eigenvalue weighted by atomic mass is 10.2. The van der Waals surface area contributed by atoms with Crippen molar-refractivity contribution >= 4 is 47.0 Å². The average molecular weight is 465 g/mol. The van der Waals surface area contributed by atoms with Crippen molar-refractivity contribution < 1.29 is 23.9 Å². The van der Waals surface area contributed by atoms with Crippen LogP contribution in [0.5, 0.6) is 5.75 Å². The molecule has 168 valence electrons. The maximum absolute atomic E-state index is 12.5. The topological polar surface area (TPSA) is 93.7 Å². The first-order valence-corrected chi connectivity index (χ1v) is 10.4. The summed E-state index contributed by atoms with van der Waals surface area (Å²) >= 11 is 5.85. The van der Waals surface area contributed by atoms with E-state index in [1.807, 2.05) is 0 Å². The highest BCUT2D eigenvalue weighted by Crippen LogP contribution is 2.18. The number of rotatable bonds is 7. The van der Waals surface area contributed by atoms with Gasteiger partial charge in [-0.25, -0.2) is 4.79 Å². The van der Waals surface area contributed by atoms with Crippen molar-refractivity contribution in [2.24, 2.45) is 0 Å². The molecule has 2 amide bonds. The largest absolute Gasteiger partial charge is 0.513 e. The van der Waals surface area contributed by atoms with Gasteiger partial charge in [-0.15, -0.1) is 0 Å². The van der Waals surface area contributed by atoms with Crippen LogP contribution in [0.2, 0.25) is 5.02 Å². The van der Waals surface area contributed by atoms with Gasteiger partial charge in [-0.3, -0.25) is 9.59 Å². The second-order valence-corrected chi connectivity index (χ2v) is 7.15. The van der Waals surface area contributed by atoms with E-state index in [0.29, 0.717) is 22.0 Å². The zero-order valence-corrected chi connectivity index (χ0v) is 18.5. The molecule has 0 fully saturated rings. The zero-order valence-electron chi connectivity index (χ0n) is 17.7. The van der Waals surface area contributed by atoms with Gasteiger partial charge < -0.3 is 20.1 Å². The van der Waals surface area contributed by atoms with E-state index in [2.05, 4.69) is 10.6 Å². The smallest absolute Gasteiger partial charge is 0.434 e. The number of benzene rings is 3. The molecule has 0 radical (unpaired) electrons. The number of anilines is 2. The normalized spacial score (nSPS) is 10.5. The van der Waals surface area contributed by atoms with Gasteiger partial charge >= 0.3 is 6.16 Å². The number of hydrogen-bond donors (Lipinski definition) is 2. The first kappa shape index (κ1) is 23.6. The third-order valence-electron chi connectivity index (χ3n) is 4.27. The summed E-state index contributed by atoms with van der Waals surface area (Å²) in [5, 5.41) is 6.13. The molecule has 7 nitrogen and oxygen atoms in total. The van der Waals surface area contributed by atoms with Crippen LogP contribution in [0.3, 0.4) is 0 Å². The lowest BCUT2D eigenvalue weighted by Crippen LogP contribution is -2.13. The zero-order chi connectivity index (χ0) is 23.6. The van der Waals surface area contributed by atoms with Crippen LogP contribution < -0.4 is 15.4 Å². The van der Waals surface area contributed by atoms with Gasteiger partial charge in [-0.2, -0.15) is 0 Å². The fourth-order valence-corrected chi connectivity index (χ4v) is 2.85. The molecule has 0 spiro atoms. The Hall–Kier alpha value is -4.10. The minimum Gasteiger partial charge on any atom is -0.434 e. The number of carbonyl (C=O) groups excluding carboxylic acids is 3. The first-order valence-electron chi connectivity index (χ1n) is 10.0. The molecule has 0 aliphatic heterocycles. The summed E-state index contributed by atoms with van der Waals surface area (Å²) in [4.78, 5) is 36.1. The molecule has 0 aliphatic carbocycles. The molecule has 0 unspecified atom stereocenters. The second-order valence-electron chi connectivity index (χ2n) is 6.72. The molecule has 3 rings (SSSR count). The van der Waals surface area contributed by atoms with Crippen LogP contribution in [0.1, 0.15) is 22.8 Å². The second kappa shape index (κ2) is 11.5. The Labute approximate surface area is 196 Å². The third kappa shape index (κ3) is 7.52. The highest BCUT2D eigenvalue weighted by Gasteiger charge is 2.09. The van der Waals surface area contributed by atoms with Crippen LogP contribution in [0.15, 0.2) is 78.9 Å². The summed E-state index contributed by atoms with van der Waals surface area (Å²) < 4.78 is 9.67. The molecule has 2 N–H and O–H groups in total. The predicted molar refractivity (Wildman–Crippen MR) is 128 cm³/mol. The van der Waals surface area contributed by atoms with E-state index in [0.717, 1.165) is 5.56 Å². The van der Waals surface area contributed by atoms with Crippen molar-refractivity contribution in [1.29, 1.82) is 0 Å². The van der Waals surface area contributed by atoms with Crippen molar-refractivity contribution in [3.63, 3.8) is 0 Å². The van der Waals surface area contributed by atoms with Gasteiger partial charge in [-0.1, -0.05) is 29.8 Å². The number of nitrogens with one attached hydrogen (secondary N) is 2. The Bertz CT molecular complexity index is 1160. The van der Waals surface area contributed by atoms with Gasteiger partial charge in [0.1, 0.15) is 5.75 Å². The number of carbonyl (C=O) groups is 3. The summed E-state index contributed by atoms with van der Waals surface area (Å²) in [5.41, 5.74) is 2.24. The van der Waals surface area contributed by atoms with E-state index >= 15 is 0 Å².